The summed E-state index contributed by atoms with van der Waals surface area (Å²) in [6, 6.07) is 7.33. The molecule has 0 radical (unpaired) electrons. The first kappa shape index (κ1) is 10.8. The normalized spacial score (nSPS) is 11.5. The van der Waals surface area contributed by atoms with Gasteiger partial charge in [-0.15, -0.1) is 6.42 Å². The average Bonchev–Trinajstić information content (AvgIpc) is 2.15. The molecule has 0 saturated heterocycles. The second kappa shape index (κ2) is 4.83. The molecule has 1 unspecified atom stereocenters. The molecular weight excluding hydrogens is 244 g/mol. The van der Waals surface area contributed by atoms with E-state index in [9.17, 15) is 4.79 Å². The molecular formula is C11H9BrO2. The molecule has 0 bridgehead atoms. The lowest BCUT2D eigenvalue weighted by Crippen LogP contribution is -2.06. The smallest absolute Gasteiger partial charge is 0.304 e. The maximum absolute atomic E-state index is 10.7. The predicted molar refractivity (Wildman–Crippen MR) is 57.5 cm³/mol. The van der Waals surface area contributed by atoms with Crippen LogP contribution in [0.5, 0.6) is 0 Å². The molecule has 0 spiro atoms. The molecule has 0 aliphatic rings. The van der Waals surface area contributed by atoms with E-state index in [2.05, 4.69) is 21.9 Å². The summed E-state index contributed by atoms with van der Waals surface area (Å²) >= 11 is 3.31. The van der Waals surface area contributed by atoms with Crippen LogP contribution in [-0.4, -0.2) is 5.97 Å². The molecule has 2 nitrogen and oxygen atoms in total. The third-order valence-electron chi connectivity index (χ3n) is 1.61. The van der Waals surface area contributed by atoms with Crippen LogP contribution in [0.15, 0.2) is 28.7 Å². The molecule has 72 valence electrons. The number of halogens is 1. The highest BCUT2D eigenvalue weighted by atomic mass is 79.9. The highest BCUT2D eigenvalue weighted by molar-refractivity contribution is 9.10. The van der Waals surface area contributed by atoms with Crippen molar-refractivity contribution in [2.75, 3.05) is 0 Å². The molecule has 0 aromatic heterocycles. The highest BCUT2D eigenvalue weighted by Crippen LogP contribution is 2.19. The number of hydrogen-bond donors (Lipinski definition) is 0. The fraction of sp³-hybridized carbons (Fsp3) is 0.182. The van der Waals surface area contributed by atoms with Gasteiger partial charge in [-0.25, -0.2) is 0 Å². The van der Waals surface area contributed by atoms with E-state index in [0.717, 1.165) is 10.0 Å². The van der Waals surface area contributed by atoms with E-state index < -0.39 is 6.10 Å². The van der Waals surface area contributed by atoms with E-state index in [1.807, 2.05) is 24.3 Å². The molecule has 14 heavy (non-hydrogen) atoms. The summed E-state index contributed by atoms with van der Waals surface area (Å²) in [6.07, 6.45) is 4.66. The van der Waals surface area contributed by atoms with Crippen LogP contribution < -0.4 is 0 Å². The topological polar surface area (TPSA) is 26.3 Å². The van der Waals surface area contributed by atoms with E-state index in [1.165, 1.54) is 6.92 Å². The maximum atomic E-state index is 10.7. The van der Waals surface area contributed by atoms with Gasteiger partial charge in [0.25, 0.3) is 0 Å². The molecule has 0 aliphatic carbocycles. The SMILES string of the molecule is C#CC(OC(C)=O)c1ccc(Br)cc1. The Bertz CT molecular complexity index is 362. The molecule has 0 amide bonds. The lowest BCUT2D eigenvalue weighted by Gasteiger charge is -2.10. The Hall–Kier alpha value is -1.27. The van der Waals surface area contributed by atoms with Crippen LogP contribution in [0.25, 0.3) is 0 Å². The molecule has 1 rings (SSSR count). The van der Waals surface area contributed by atoms with Crippen molar-refractivity contribution in [3.8, 4) is 12.3 Å². The van der Waals surface area contributed by atoms with Crippen molar-refractivity contribution in [1.82, 2.24) is 0 Å². The summed E-state index contributed by atoms with van der Waals surface area (Å²) in [5.41, 5.74) is 0.797. The summed E-state index contributed by atoms with van der Waals surface area (Å²) in [5, 5.41) is 0. The number of carbonyl (C=O) groups is 1. The third-order valence-corrected chi connectivity index (χ3v) is 2.14. The van der Waals surface area contributed by atoms with Gasteiger partial charge >= 0.3 is 5.97 Å². The molecule has 1 atom stereocenters. The van der Waals surface area contributed by atoms with Gasteiger partial charge < -0.3 is 4.74 Å². The van der Waals surface area contributed by atoms with E-state index >= 15 is 0 Å². The van der Waals surface area contributed by atoms with Crippen molar-refractivity contribution < 1.29 is 9.53 Å². The quantitative estimate of drug-likeness (QED) is 0.598. The lowest BCUT2D eigenvalue weighted by molar-refractivity contribution is -0.144. The first-order valence-electron chi connectivity index (χ1n) is 4.02. The molecule has 0 aliphatic heterocycles. The van der Waals surface area contributed by atoms with E-state index in [0.29, 0.717) is 0 Å². The van der Waals surface area contributed by atoms with Gasteiger partial charge in [0.1, 0.15) is 0 Å². The number of ether oxygens (including phenoxy) is 1. The zero-order chi connectivity index (χ0) is 10.6. The maximum Gasteiger partial charge on any atom is 0.304 e. The van der Waals surface area contributed by atoms with Gasteiger partial charge in [0.15, 0.2) is 6.10 Å². The molecule has 1 aromatic carbocycles. The van der Waals surface area contributed by atoms with Crippen molar-refractivity contribution in [1.29, 1.82) is 0 Å². The minimum atomic E-state index is -0.597. The van der Waals surface area contributed by atoms with Gasteiger partial charge in [0.05, 0.1) is 0 Å². The van der Waals surface area contributed by atoms with Gasteiger partial charge in [0.2, 0.25) is 0 Å². The van der Waals surface area contributed by atoms with Gasteiger partial charge in [-0.1, -0.05) is 34.0 Å². The Morgan fingerprint density at radius 2 is 2.07 bits per heavy atom. The zero-order valence-corrected chi connectivity index (χ0v) is 9.24. The standard InChI is InChI=1S/C11H9BrO2/c1-3-11(14-8(2)13)9-4-6-10(12)7-5-9/h1,4-7,11H,2H3. The van der Waals surface area contributed by atoms with Crippen molar-refractivity contribution >= 4 is 21.9 Å². The predicted octanol–water partition coefficient (Wildman–Crippen LogP) is 2.69. The van der Waals surface area contributed by atoms with Crippen LogP contribution in [0.2, 0.25) is 0 Å². The van der Waals surface area contributed by atoms with Gasteiger partial charge in [-0.05, 0) is 12.1 Å². The summed E-state index contributed by atoms with van der Waals surface area (Å²) in [5.74, 6) is 2.03. The first-order valence-corrected chi connectivity index (χ1v) is 4.81. The second-order valence-corrected chi connectivity index (χ2v) is 3.62. The molecule has 0 heterocycles. The minimum absolute atomic E-state index is 0.379. The second-order valence-electron chi connectivity index (χ2n) is 2.71. The Balaban J connectivity index is 2.85. The van der Waals surface area contributed by atoms with E-state index in [4.69, 9.17) is 11.2 Å². The number of benzene rings is 1. The van der Waals surface area contributed by atoms with Crippen molar-refractivity contribution in [2.24, 2.45) is 0 Å². The van der Waals surface area contributed by atoms with Crippen molar-refractivity contribution in [3.05, 3.63) is 34.3 Å². The minimum Gasteiger partial charge on any atom is -0.444 e. The van der Waals surface area contributed by atoms with E-state index in [-0.39, 0.29) is 5.97 Å². The van der Waals surface area contributed by atoms with Gasteiger partial charge in [-0.3, -0.25) is 4.79 Å². The summed E-state index contributed by atoms with van der Waals surface area (Å²) in [4.78, 5) is 10.7. The van der Waals surface area contributed by atoms with Gasteiger partial charge in [-0.2, -0.15) is 0 Å². The van der Waals surface area contributed by atoms with Crippen LogP contribution >= 0.6 is 15.9 Å². The molecule has 0 N–H and O–H groups in total. The molecule has 1 aromatic rings. The number of esters is 1. The highest BCUT2D eigenvalue weighted by Gasteiger charge is 2.10. The largest absolute Gasteiger partial charge is 0.444 e. The number of hydrogen-bond acceptors (Lipinski definition) is 2. The fourth-order valence-corrected chi connectivity index (χ4v) is 1.27. The first-order chi connectivity index (χ1) is 6.63. The van der Waals surface area contributed by atoms with Crippen molar-refractivity contribution in [2.45, 2.75) is 13.0 Å². The number of terminal acetylenes is 1. The number of rotatable bonds is 2. The fourth-order valence-electron chi connectivity index (χ4n) is 1.00. The van der Waals surface area contributed by atoms with Crippen LogP contribution in [0, 0.1) is 12.3 Å². The van der Waals surface area contributed by atoms with Gasteiger partial charge in [0, 0.05) is 17.0 Å². The Kier molecular flexibility index (Phi) is 3.73. The summed E-state index contributed by atoms with van der Waals surface area (Å²) in [7, 11) is 0. The molecule has 0 fully saturated rings. The molecule has 3 heteroatoms. The summed E-state index contributed by atoms with van der Waals surface area (Å²) < 4.78 is 5.89. The van der Waals surface area contributed by atoms with Crippen LogP contribution in [-0.2, 0) is 9.53 Å². The number of carbonyl (C=O) groups excluding carboxylic acids is 1. The third kappa shape index (κ3) is 2.90. The van der Waals surface area contributed by atoms with Crippen LogP contribution in [0.4, 0.5) is 0 Å². The lowest BCUT2D eigenvalue weighted by atomic mass is 10.1. The van der Waals surface area contributed by atoms with Crippen LogP contribution in [0.1, 0.15) is 18.6 Å². The van der Waals surface area contributed by atoms with E-state index in [1.54, 1.807) is 0 Å². The van der Waals surface area contributed by atoms with Crippen molar-refractivity contribution in [3.63, 3.8) is 0 Å². The zero-order valence-electron chi connectivity index (χ0n) is 7.66. The Labute approximate surface area is 91.4 Å². The van der Waals surface area contributed by atoms with Crippen LogP contribution in [0.3, 0.4) is 0 Å². The Morgan fingerprint density at radius 3 is 2.50 bits per heavy atom. The summed E-state index contributed by atoms with van der Waals surface area (Å²) in [6.45, 7) is 1.34. The average molecular weight is 253 g/mol. The Morgan fingerprint density at radius 1 is 1.50 bits per heavy atom. The monoisotopic (exact) mass is 252 g/mol. The molecule has 0 saturated carbocycles.